The van der Waals surface area contributed by atoms with E-state index in [4.69, 9.17) is 4.74 Å². The number of hydrogen-bond donors (Lipinski definition) is 1. The Balaban J connectivity index is 1.48. The quantitative estimate of drug-likeness (QED) is 0.451. The van der Waals surface area contributed by atoms with Gasteiger partial charge < -0.3 is 10.1 Å². The number of nitrogens with one attached hydrogen (secondary N) is 1. The van der Waals surface area contributed by atoms with Crippen LogP contribution in [0.25, 0.3) is 21.9 Å². The van der Waals surface area contributed by atoms with Crippen molar-refractivity contribution in [3.63, 3.8) is 0 Å². The Kier molecular flexibility index (Phi) is 5.62. The minimum atomic E-state index is -3.52. The van der Waals surface area contributed by atoms with Crippen LogP contribution in [0.2, 0.25) is 0 Å². The SMILES string of the molecule is CN(C)S(=O)(=O)c1ccc(-c2cnc(NCc3c(F)ccc4c3CCO4)c3cnncc23)cc1. The van der Waals surface area contributed by atoms with Crippen molar-refractivity contribution in [3.8, 4) is 16.9 Å². The van der Waals surface area contributed by atoms with Crippen molar-refractivity contribution in [2.45, 2.75) is 17.9 Å². The lowest BCUT2D eigenvalue weighted by molar-refractivity contribution is 0.356. The number of anilines is 1. The fourth-order valence-electron chi connectivity index (χ4n) is 4.06. The van der Waals surface area contributed by atoms with Gasteiger partial charge in [-0.25, -0.2) is 22.1 Å². The maximum atomic E-state index is 14.5. The predicted octanol–water partition coefficient (Wildman–Crippen LogP) is 3.63. The van der Waals surface area contributed by atoms with Gasteiger partial charge in [0.2, 0.25) is 10.0 Å². The number of rotatable bonds is 6. The maximum Gasteiger partial charge on any atom is 0.242 e. The number of ether oxygens (including phenoxy) is 1. The van der Waals surface area contributed by atoms with E-state index in [2.05, 4.69) is 20.5 Å². The molecule has 8 nitrogen and oxygen atoms in total. The van der Waals surface area contributed by atoms with E-state index < -0.39 is 10.0 Å². The number of benzene rings is 2. The minimum absolute atomic E-state index is 0.206. The van der Waals surface area contributed by atoms with Gasteiger partial charge in [-0.3, -0.25) is 0 Å². The lowest BCUT2D eigenvalue weighted by atomic mass is 10.0. The number of sulfonamides is 1. The average Bonchev–Trinajstić information content (AvgIpc) is 3.32. The van der Waals surface area contributed by atoms with Gasteiger partial charge in [0.05, 0.1) is 23.9 Å². The number of halogens is 1. The third kappa shape index (κ3) is 3.84. The number of pyridine rings is 1. The summed E-state index contributed by atoms with van der Waals surface area (Å²) in [5.74, 6) is 0.985. The van der Waals surface area contributed by atoms with Gasteiger partial charge in [0.15, 0.2) is 0 Å². The molecule has 0 atom stereocenters. The summed E-state index contributed by atoms with van der Waals surface area (Å²) in [5.41, 5.74) is 3.01. The molecule has 0 aliphatic carbocycles. The van der Waals surface area contributed by atoms with Crippen LogP contribution in [0.5, 0.6) is 5.75 Å². The van der Waals surface area contributed by atoms with Crippen LogP contribution < -0.4 is 10.1 Å². The zero-order valence-corrected chi connectivity index (χ0v) is 19.4. The highest BCUT2D eigenvalue weighted by molar-refractivity contribution is 7.89. The summed E-state index contributed by atoms with van der Waals surface area (Å²) in [4.78, 5) is 4.77. The van der Waals surface area contributed by atoms with Crippen LogP contribution in [0.1, 0.15) is 11.1 Å². The average molecular weight is 480 g/mol. The van der Waals surface area contributed by atoms with Gasteiger partial charge >= 0.3 is 0 Å². The highest BCUT2D eigenvalue weighted by Crippen LogP contribution is 2.33. The van der Waals surface area contributed by atoms with E-state index in [1.807, 2.05) is 0 Å². The highest BCUT2D eigenvalue weighted by atomic mass is 32.2. The Bertz CT molecular complexity index is 1490. The van der Waals surface area contributed by atoms with E-state index in [0.717, 1.165) is 33.2 Å². The molecule has 1 N–H and O–H groups in total. The maximum absolute atomic E-state index is 14.5. The number of fused-ring (bicyclic) bond motifs is 2. The second-order valence-corrected chi connectivity index (χ2v) is 10.3. The fraction of sp³-hybridized carbons (Fsp3) is 0.208. The van der Waals surface area contributed by atoms with Gasteiger partial charge in [0.1, 0.15) is 17.4 Å². The van der Waals surface area contributed by atoms with Crippen molar-refractivity contribution < 1.29 is 17.5 Å². The molecule has 5 rings (SSSR count). The number of aromatic nitrogens is 3. The van der Waals surface area contributed by atoms with Crippen LogP contribution in [0.15, 0.2) is 59.9 Å². The number of nitrogens with zero attached hydrogens (tertiary/aromatic N) is 4. The summed E-state index contributed by atoms with van der Waals surface area (Å²) in [7, 11) is -0.534. The Morgan fingerprint density at radius 2 is 1.76 bits per heavy atom. The summed E-state index contributed by atoms with van der Waals surface area (Å²) < 4.78 is 46.0. The summed E-state index contributed by atoms with van der Waals surface area (Å²) >= 11 is 0. The predicted molar refractivity (Wildman–Crippen MR) is 127 cm³/mol. The molecule has 0 radical (unpaired) electrons. The first-order valence-corrected chi connectivity index (χ1v) is 12.1. The first-order valence-electron chi connectivity index (χ1n) is 10.7. The molecule has 0 amide bonds. The zero-order valence-electron chi connectivity index (χ0n) is 18.6. The number of hydrogen-bond acceptors (Lipinski definition) is 7. The summed E-state index contributed by atoms with van der Waals surface area (Å²) in [6, 6.07) is 9.69. The molecule has 1 aliphatic rings. The fourth-order valence-corrected chi connectivity index (χ4v) is 4.96. The van der Waals surface area contributed by atoms with Crippen molar-refractivity contribution in [2.24, 2.45) is 0 Å². The van der Waals surface area contributed by atoms with Crippen molar-refractivity contribution in [2.75, 3.05) is 26.0 Å². The molecule has 4 aromatic rings. The largest absolute Gasteiger partial charge is 0.493 e. The molecule has 3 heterocycles. The third-order valence-electron chi connectivity index (χ3n) is 5.92. The molecule has 0 bridgehead atoms. The van der Waals surface area contributed by atoms with E-state index in [1.54, 1.807) is 48.9 Å². The zero-order chi connectivity index (χ0) is 23.9. The normalized spacial score (nSPS) is 13.2. The van der Waals surface area contributed by atoms with Crippen molar-refractivity contribution in [3.05, 3.63) is 71.9 Å². The van der Waals surface area contributed by atoms with Gasteiger partial charge in [0.25, 0.3) is 0 Å². The third-order valence-corrected chi connectivity index (χ3v) is 7.75. The van der Waals surface area contributed by atoms with Gasteiger partial charge in [0, 0.05) is 60.7 Å². The smallest absolute Gasteiger partial charge is 0.242 e. The van der Waals surface area contributed by atoms with Crippen LogP contribution in [0.3, 0.4) is 0 Å². The van der Waals surface area contributed by atoms with Crippen LogP contribution >= 0.6 is 0 Å². The second-order valence-electron chi connectivity index (χ2n) is 8.10. The molecule has 0 saturated heterocycles. The lowest BCUT2D eigenvalue weighted by Crippen LogP contribution is -2.22. The van der Waals surface area contributed by atoms with E-state index >= 15 is 0 Å². The van der Waals surface area contributed by atoms with Gasteiger partial charge in [-0.15, -0.1) is 0 Å². The molecule has 174 valence electrons. The molecule has 0 fully saturated rings. The molecular weight excluding hydrogens is 457 g/mol. The first kappa shape index (κ1) is 22.2. The minimum Gasteiger partial charge on any atom is -0.493 e. The first-order chi connectivity index (χ1) is 16.4. The Morgan fingerprint density at radius 3 is 2.50 bits per heavy atom. The van der Waals surface area contributed by atoms with E-state index in [1.165, 1.54) is 24.5 Å². The lowest BCUT2D eigenvalue weighted by Gasteiger charge is -2.14. The molecule has 10 heteroatoms. The van der Waals surface area contributed by atoms with Gasteiger partial charge in [-0.05, 0) is 29.8 Å². The van der Waals surface area contributed by atoms with Crippen LogP contribution in [0, 0.1) is 5.82 Å². The Hall–Kier alpha value is -3.63. The Labute approximate surface area is 196 Å². The second kappa shape index (κ2) is 8.62. The van der Waals surface area contributed by atoms with Crippen molar-refractivity contribution >= 4 is 26.6 Å². The molecule has 2 aromatic carbocycles. The monoisotopic (exact) mass is 479 g/mol. The Morgan fingerprint density at radius 1 is 1.03 bits per heavy atom. The van der Waals surface area contributed by atoms with Crippen LogP contribution in [-0.2, 0) is 23.0 Å². The highest BCUT2D eigenvalue weighted by Gasteiger charge is 2.20. The summed E-state index contributed by atoms with van der Waals surface area (Å²) in [5, 5.41) is 12.8. The molecular formula is C24H22FN5O3S. The van der Waals surface area contributed by atoms with Crippen LogP contribution in [0.4, 0.5) is 10.2 Å². The van der Waals surface area contributed by atoms with Crippen molar-refractivity contribution in [1.29, 1.82) is 0 Å². The van der Waals surface area contributed by atoms with E-state index in [9.17, 15) is 12.8 Å². The van der Waals surface area contributed by atoms with Gasteiger partial charge in [-0.2, -0.15) is 10.2 Å². The standard InChI is InChI=1S/C24H22FN5O3S/c1-30(2)34(31,32)16-5-3-15(4-6-16)18-11-26-24(21-14-29-28-13-19(18)21)27-12-20-17-9-10-33-23(17)8-7-22(20)25/h3-8,11,13-14H,9-10,12H2,1-2H3,(H,26,27). The van der Waals surface area contributed by atoms with E-state index in [-0.39, 0.29) is 17.3 Å². The molecule has 0 unspecified atom stereocenters. The molecule has 0 spiro atoms. The molecule has 1 aliphatic heterocycles. The van der Waals surface area contributed by atoms with Crippen LogP contribution in [-0.4, -0.2) is 48.6 Å². The van der Waals surface area contributed by atoms with Crippen molar-refractivity contribution in [1.82, 2.24) is 19.5 Å². The topological polar surface area (TPSA) is 97.3 Å². The molecule has 2 aromatic heterocycles. The summed E-state index contributed by atoms with van der Waals surface area (Å²) in [6.07, 6.45) is 5.60. The molecule has 0 saturated carbocycles. The summed E-state index contributed by atoms with van der Waals surface area (Å²) in [6.45, 7) is 0.797. The van der Waals surface area contributed by atoms with Gasteiger partial charge in [-0.1, -0.05) is 12.1 Å². The van der Waals surface area contributed by atoms with E-state index in [0.29, 0.717) is 24.4 Å². The molecule has 34 heavy (non-hydrogen) atoms.